The minimum Gasteiger partial charge on any atom is -0.351 e. The van der Waals surface area contributed by atoms with Crippen LogP contribution in [0.3, 0.4) is 0 Å². The fourth-order valence-corrected chi connectivity index (χ4v) is 3.44. The van der Waals surface area contributed by atoms with Crippen LogP contribution in [0.15, 0.2) is 29.6 Å². The topological polar surface area (TPSA) is 62.3 Å². The first-order chi connectivity index (χ1) is 13.5. The monoisotopic (exact) mass is 405 g/mol. The van der Waals surface area contributed by atoms with Crippen LogP contribution in [0.1, 0.15) is 60.6 Å². The number of rotatable bonds is 11. The molecule has 2 rings (SSSR count). The molecule has 0 aliphatic rings. The molecular formula is C21H28FN3O2S. The molecule has 0 fully saturated rings. The maximum atomic E-state index is 13.1. The van der Waals surface area contributed by atoms with Gasteiger partial charge in [-0.25, -0.2) is 9.37 Å². The van der Waals surface area contributed by atoms with E-state index in [4.69, 9.17) is 0 Å². The zero-order valence-corrected chi connectivity index (χ0v) is 17.4. The van der Waals surface area contributed by atoms with Crippen molar-refractivity contribution in [1.29, 1.82) is 0 Å². The van der Waals surface area contributed by atoms with E-state index >= 15 is 0 Å². The summed E-state index contributed by atoms with van der Waals surface area (Å²) in [4.78, 5) is 31.0. The van der Waals surface area contributed by atoms with E-state index < -0.39 is 0 Å². The van der Waals surface area contributed by atoms with Crippen LogP contribution in [0.2, 0.25) is 0 Å². The Morgan fingerprint density at radius 3 is 2.54 bits per heavy atom. The van der Waals surface area contributed by atoms with Crippen molar-refractivity contribution in [3.63, 3.8) is 0 Å². The van der Waals surface area contributed by atoms with Crippen LogP contribution in [0, 0.1) is 5.82 Å². The molecule has 0 unspecified atom stereocenters. The van der Waals surface area contributed by atoms with Gasteiger partial charge in [-0.3, -0.25) is 9.59 Å². The molecule has 0 saturated heterocycles. The highest BCUT2D eigenvalue weighted by molar-refractivity contribution is 7.09. The van der Waals surface area contributed by atoms with Crippen LogP contribution < -0.4 is 5.32 Å². The van der Waals surface area contributed by atoms with Crippen LogP contribution in [0.4, 0.5) is 4.39 Å². The highest BCUT2D eigenvalue weighted by Crippen LogP contribution is 2.15. The number of aromatic nitrogens is 1. The molecule has 0 saturated carbocycles. The summed E-state index contributed by atoms with van der Waals surface area (Å²) < 4.78 is 13.1. The Morgan fingerprint density at radius 2 is 1.86 bits per heavy atom. The Kier molecular flexibility index (Phi) is 9.07. The molecule has 1 aromatic carbocycles. The van der Waals surface area contributed by atoms with Crippen molar-refractivity contribution in [2.75, 3.05) is 13.1 Å². The second kappa shape index (κ2) is 11.5. The van der Waals surface area contributed by atoms with Gasteiger partial charge in [0.2, 0.25) is 5.91 Å². The number of carbonyl (C=O) groups is 2. The summed E-state index contributed by atoms with van der Waals surface area (Å²) >= 11 is 1.39. The minimum absolute atomic E-state index is 0.0239. The highest BCUT2D eigenvalue weighted by Gasteiger charge is 2.17. The van der Waals surface area contributed by atoms with E-state index in [-0.39, 0.29) is 24.1 Å². The molecule has 0 bridgehead atoms. The zero-order valence-electron chi connectivity index (χ0n) is 16.5. The number of thiazole rings is 1. The SMILES string of the molecule is CCCCNC(=O)c1csc(CN(CCCC)C(=O)Cc2ccc(F)cc2)n1. The number of unbranched alkanes of at least 4 members (excludes halogenated alkanes) is 2. The maximum Gasteiger partial charge on any atom is 0.270 e. The number of nitrogens with zero attached hydrogens (tertiary/aromatic N) is 2. The van der Waals surface area contributed by atoms with Crippen molar-refractivity contribution in [3.8, 4) is 0 Å². The summed E-state index contributed by atoms with van der Waals surface area (Å²) in [6.07, 6.45) is 4.05. The molecule has 0 spiro atoms. The number of hydrogen-bond acceptors (Lipinski definition) is 4. The number of nitrogens with one attached hydrogen (secondary N) is 1. The number of halogens is 1. The van der Waals surface area contributed by atoms with E-state index in [0.29, 0.717) is 25.3 Å². The predicted molar refractivity (Wildman–Crippen MR) is 110 cm³/mol. The third-order valence-electron chi connectivity index (χ3n) is 4.33. The lowest BCUT2D eigenvalue weighted by Crippen LogP contribution is -2.33. The minimum atomic E-state index is -0.313. The summed E-state index contributed by atoms with van der Waals surface area (Å²) in [7, 11) is 0. The lowest BCUT2D eigenvalue weighted by Gasteiger charge is -2.21. The van der Waals surface area contributed by atoms with Gasteiger partial charge in [0, 0.05) is 18.5 Å². The summed E-state index contributed by atoms with van der Waals surface area (Å²) in [5.74, 6) is -0.510. The van der Waals surface area contributed by atoms with Crippen molar-refractivity contribution in [3.05, 3.63) is 51.7 Å². The van der Waals surface area contributed by atoms with Crippen LogP contribution >= 0.6 is 11.3 Å². The second-order valence-electron chi connectivity index (χ2n) is 6.71. The smallest absolute Gasteiger partial charge is 0.270 e. The molecule has 0 atom stereocenters. The van der Waals surface area contributed by atoms with Gasteiger partial charge in [0.25, 0.3) is 5.91 Å². The van der Waals surface area contributed by atoms with Gasteiger partial charge in [-0.2, -0.15) is 0 Å². The van der Waals surface area contributed by atoms with Gasteiger partial charge in [-0.1, -0.05) is 38.8 Å². The average Bonchev–Trinajstić information content (AvgIpc) is 3.15. The molecule has 5 nitrogen and oxygen atoms in total. The molecule has 1 aromatic heterocycles. The van der Waals surface area contributed by atoms with Crippen molar-refractivity contribution in [1.82, 2.24) is 15.2 Å². The summed E-state index contributed by atoms with van der Waals surface area (Å²) in [6.45, 7) is 5.80. The van der Waals surface area contributed by atoms with Gasteiger partial charge in [-0.05, 0) is 30.5 Å². The van der Waals surface area contributed by atoms with E-state index in [1.54, 1.807) is 22.4 Å². The standard InChI is InChI=1S/C21H28FN3O2S/c1-3-5-11-23-21(27)18-15-28-19(24-18)14-25(12-6-4-2)20(26)13-16-7-9-17(22)10-8-16/h7-10,15H,3-6,11-14H2,1-2H3,(H,23,27). The normalized spacial score (nSPS) is 10.7. The molecule has 0 aliphatic heterocycles. The summed E-state index contributed by atoms with van der Waals surface area (Å²) in [5, 5.41) is 5.33. The zero-order chi connectivity index (χ0) is 20.4. The molecule has 0 aliphatic carbocycles. The Balaban J connectivity index is 2.00. The van der Waals surface area contributed by atoms with E-state index in [1.807, 2.05) is 0 Å². The molecule has 28 heavy (non-hydrogen) atoms. The van der Waals surface area contributed by atoms with E-state index in [9.17, 15) is 14.0 Å². The van der Waals surface area contributed by atoms with Gasteiger partial charge in [0.15, 0.2) is 0 Å². The number of amides is 2. The summed E-state index contributed by atoms with van der Waals surface area (Å²) in [5.41, 5.74) is 1.18. The van der Waals surface area contributed by atoms with Gasteiger partial charge in [0.1, 0.15) is 16.5 Å². The largest absolute Gasteiger partial charge is 0.351 e. The van der Waals surface area contributed by atoms with Gasteiger partial charge in [0.05, 0.1) is 13.0 Å². The number of benzene rings is 1. The second-order valence-corrected chi connectivity index (χ2v) is 7.65. The van der Waals surface area contributed by atoms with E-state index in [1.165, 1.54) is 23.5 Å². The molecule has 7 heteroatoms. The van der Waals surface area contributed by atoms with E-state index in [2.05, 4.69) is 24.1 Å². The average molecular weight is 406 g/mol. The molecule has 1 heterocycles. The first kappa shape index (κ1) is 22.0. The van der Waals surface area contributed by atoms with Crippen molar-refractivity contribution in [2.45, 2.75) is 52.5 Å². The molecular weight excluding hydrogens is 377 g/mol. The number of hydrogen-bond donors (Lipinski definition) is 1. The highest BCUT2D eigenvalue weighted by atomic mass is 32.1. The van der Waals surface area contributed by atoms with Gasteiger partial charge >= 0.3 is 0 Å². The lowest BCUT2D eigenvalue weighted by molar-refractivity contribution is -0.131. The third kappa shape index (κ3) is 7.03. The van der Waals surface area contributed by atoms with Crippen LogP contribution in [0.5, 0.6) is 0 Å². The Labute approximate surface area is 170 Å². The molecule has 0 radical (unpaired) electrons. The van der Waals surface area contributed by atoms with Crippen molar-refractivity contribution >= 4 is 23.2 Å². The van der Waals surface area contributed by atoms with Crippen LogP contribution in [-0.4, -0.2) is 34.8 Å². The Morgan fingerprint density at radius 1 is 1.14 bits per heavy atom. The lowest BCUT2D eigenvalue weighted by atomic mass is 10.1. The molecule has 2 amide bonds. The van der Waals surface area contributed by atoms with E-state index in [0.717, 1.165) is 36.3 Å². The van der Waals surface area contributed by atoms with Crippen molar-refractivity contribution < 1.29 is 14.0 Å². The predicted octanol–water partition coefficient (Wildman–Crippen LogP) is 4.18. The van der Waals surface area contributed by atoms with Crippen LogP contribution in [-0.2, 0) is 17.8 Å². The fraction of sp³-hybridized carbons (Fsp3) is 0.476. The maximum absolute atomic E-state index is 13.1. The molecule has 152 valence electrons. The first-order valence-electron chi connectivity index (χ1n) is 9.78. The van der Waals surface area contributed by atoms with Gasteiger partial charge in [-0.15, -0.1) is 11.3 Å². The number of carbonyl (C=O) groups excluding carboxylic acids is 2. The third-order valence-corrected chi connectivity index (χ3v) is 5.16. The van der Waals surface area contributed by atoms with Crippen molar-refractivity contribution in [2.24, 2.45) is 0 Å². The Hall–Kier alpha value is -2.28. The fourth-order valence-electron chi connectivity index (χ4n) is 2.65. The first-order valence-corrected chi connectivity index (χ1v) is 10.7. The molecule has 2 aromatic rings. The molecule has 1 N–H and O–H groups in total. The Bertz CT molecular complexity index is 761. The van der Waals surface area contributed by atoms with Crippen LogP contribution in [0.25, 0.3) is 0 Å². The summed E-state index contributed by atoms with van der Waals surface area (Å²) in [6, 6.07) is 5.99. The quantitative estimate of drug-likeness (QED) is 0.571. The van der Waals surface area contributed by atoms with Gasteiger partial charge < -0.3 is 10.2 Å².